The molecule has 0 aliphatic carbocycles. The van der Waals surface area contributed by atoms with Crippen molar-refractivity contribution >= 4 is 41.6 Å². The van der Waals surface area contributed by atoms with Crippen LogP contribution in [0.3, 0.4) is 0 Å². The number of carbonyl (C=O) groups excluding carboxylic acids is 1. The third-order valence-electron chi connectivity index (χ3n) is 4.37. The molecule has 0 atom stereocenters. The molecule has 9 heteroatoms. The largest absolute Gasteiger partial charge is 0.497 e. The van der Waals surface area contributed by atoms with E-state index in [0.29, 0.717) is 51.8 Å². The van der Waals surface area contributed by atoms with Gasteiger partial charge in [0.1, 0.15) is 5.75 Å². The third-order valence-corrected chi connectivity index (χ3v) is 5.66. The summed E-state index contributed by atoms with van der Waals surface area (Å²) in [4.78, 5) is 17.1. The van der Waals surface area contributed by atoms with E-state index in [0.717, 1.165) is 5.22 Å². The van der Waals surface area contributed by atoms with Crippen molar-refractivity contribution in [3.05, 3.63) is 43.2 Å². The first-order valence-electron chi connectivity index (χ1n) is 8.35. The Balaban J connectivity index is 1.74. The monoisotopic (exact) mass is 403 g/mol. The van der Waals surface area contributed by atoms with Gasteiger partial charge in [-0.05, 0) is 36.5 Å². The molecule has 0 saturated carbocycles. The standard InChI is InChI=1S/C18H17N3O4S2/c1-24-13-3-2-11-8-12(16(22)19-14(11)10-13)9-15-17(23)21(18(26)27-15)20-4-6-25-7-5-20/h2-3,8-10,23H,4-7H2,1H3/b12-9+. The second-order valence-corrected chi connectivity index (χ2v) is 7.70. The van der Waals surface area contributed by atoms with Gasteiger partial charge in [-0.15, -0.1) is 0 Å². The van der Waals surface area contributed by atoms with Gasteiger partial charge in [-0.25, -0.2) is 9.67 Å². The summed E-state index contributed by atoms with van der Waals surface area (Å²) in [5.41, 5.74) is 0.397. The first-order valence-corrected chi connectivity index (χ1v) is 9.57. The average molecular weight is 403 g/mol. The predicted octanol–water partition coefficient (Wildman–Crippen LogP) is 0.985. The van der Waals surface area contributed by atoms with Crippen LogP contribution in [0, 0.1) is 3.95 Å². The highest BCUT2D eigenvalue weighted by Gasteiger charge is 2.20. The quantitative estimate of drug-likeness (QED) is 0.608. The molecule has 1 amide bonds. The molecule has 3 heterocycles. The van der Waals surface area contributed by atoms with E-state index in [-0.39, 0.29) is 11.8 Å². The first kappa shape index (κ1) is 17.9. The molecule has 7 nitrogen and oxygen atoms in total. The Kier molecular flexibility index (Phi) is 4.81. The molecule has 0 bridgehead atoms. The highest BCUT2D eigenvalue weighted by molar-refractivity contribution is 7.73. The van der Waals surface area contributed by atoms with Crippen LogP contribution < -0.4 is 20.3 Å². The molecule has 0 spiro atoms. The van der Waals surface area contributed by atoms with Crippen LogP contribution in [0.2, 0.25) is 0 Å². The van der Waals surface area contributed by atoms with E-state index < -0.39 is 0 Å². The number of nitrogens with zero attached hydrogens (tertiary/aromatic N) is 3. The van der Waals surface area contributed by atoms with Gasteiger partial charge in [0.15, 0.2) is 3.95 Å². The minimum atomic E-state index is -0.368. The lowest BCUT2D eigenvalue weighted by Gasteiger charge is -2.29. The Bertz CT molecular complexity index is 1110. The van der Waals surface area contributed by atoms with Gasteiger partial charge in [-0.2, -0.15) is 0 Å². The maximum Gasteiger partial charge on any atom is 0.277 e. The topological polar surface area (TPSA) is 76.3 Å². The number of thiazole rings is 1. The van der Waals surface area contributed by atoms with Gasteiger partial charge >= 0.3 is 0 Å². The molecular weight excluding hydrogens is 386 g/mol. The number of benzene rings is 1. The molecule has 1 N–H and O–H groups in total. The van der Waals surface area contributed by atoms with Crippen LogP contribution in [0.15, 0.2) is 28.8 Å². The Labute approximate surface area is 164 Å². The third kappa shape index (κ3) is 3.41. The molecule has 0 radical (unpaired) electrons. The summed E-state index contributed by atoms with van der Waals surface area (Å²) in [5, 5.41) is 14.0. The molecule has 1 aromatic carbocycles. The lowest BCUT2D eigenvalue weighted by atomic mass is 10.1. The summed E-state index contributed by atoms with van der Waals surface area (Å²) in [6.45, 7) is 2.45. The van der Waals surface area contributed by atoms with Crippen LogP contribution >= 0.6 is 23.6 Å². The maximum atomic E-state index is 12.4. The van der Waals surface area contributed by atoms with Gasteiger partial charge in [-0.1, -0.05) is 11.3 Å². The zero-order chi connectivity index (χ0) is 19.0. The number of methoxy groups -OCH3 is 1. The van der Waals surface area contributed by atoms with E-state index in [1.165, 1.54) is 11.3 Å². The second kappa shape index (κ2) is 7.26. The van der Waals surface area contributed by atoms with Gasteiger partial charge in [0, 0.05) is 16.9 Å². The maximum absolute atomic E-state index is 12.4. The number of aromatic hydroxyl groups is 1. The highest BCUT2D eigenvalue weighted by Crippen LogP contribution is 2.29. The summed E-state index contributed by atoms with van der Waals surface area (Å²) < 4.78 is 12.6. The Morgan fingerprint density at radius 1 is 1.37 bits per heavy atom. The van der Waals surface area contributed by atoms with Crippen LogP contribution in [0.5, 0.6) is 11.6 Å². The normalized spacial score (nSPS) is 18.0. The van der Waals surface area contributed by atoms with Crippen LogP contribution in [0.4, 0.5) is 0 Å². The molecule has 1 saturated heterocycles. The van der Waals surface area contributed by atoms with E-state index in [1.807, 2.05) is 17.1 Å². The Hall–Kier alpha value is -2.49. The van der Waals surface area contributed by atoms with Crippen LogP contribution in [0.1, 0.15) is 4.88 Å². The van der Waals surface area contributed by atoms with Crippen molar-refractivity contribution in [3.63, 3.8) is 0 Å². The van der Waals surface area contributed by atoms with Gasteiger partial charge in [0.25, 0.3) is 5.91 Å². The summed E-state index contributed by atoms with van der Waals surface area (Å²) in [7, 11) is 1.57. The van der Waals surface area contributed by atoms with Crippen LogP contribution in [0.25, 0.3) is 12.2 Å². The molecule has 2 aliphatic heterocycles. The molecule has 1 fully saturated rings. The van der Waals surface area contributed by atoms with Crippen molar-refractivity contribution in [1.29, 1.82) is 0 Å². The molecule has 2 aromatic rings. The number of morpholine rings is 1. The van der Waals surface area contributed by atoms with E-state index in [1.54, 1.807) is 30.0 Å². The number of amides is 1. The SMILES string of the molecule is COc1ccc2c(c1)=NC(=O)/C(=C/c1sc(=S)n(N3CCOCC3)c1O)C=2. The fourth-order valence-electron chi connectivity index (χ4n) is 2.99. The Morgan fingerprint density at radius 3 is 2.89 bits per heavy atom. The number of aromatic nitrogens is 1. The van der Waals surface area contributed by atoms with E-state index in [2.05, 4.69) is 4.99 Å². The van der Waals surface area contributed by atoms with E-state index >= 15 is 0 Å². The summed E-state index contributed by atoms with van der Waals surface area (Å²) >= 11 is 6.66. The van der Waals surface area contributed by atoms with Crippen LogP contribution in [-0.2, 0) is 9.53 Å². The number of carbonyl (C=O) groups is 1. The lowest BCUT2D eigenvalue weighted by Crippen LogP contribution is -2.43. The van der Waals surface area contributed by atoms with Crippen molar-refractivity contribution in [1.82, 2.24) is 4.68 Å². The van der Waals surface area contributed by atoms with Crippen molar-refractivity contribution in [2.45, 2.75) is 0 Å². The van der Waals surface area contributed by atoms with Crippen molar-refractivity contribution in [3.8, 4) is 11.6 Å². The van der Waals surface area contributed by atoms with Crippen molar-refractivity contribution < 1.29 is 19.4 Å². The molecule has 4 rings (SSSR count). The number of hydrogen-bond donors (Lipinski definition) is 1. The smallest absolute Gasteiger partial charge is 0.277 e. The van der Waals surface area contributed by atoms with Gasteiger partial charge < -0.3 is 19.6 Å². The number of ether oxygens (including phenoxy) is 2. The molecule has 0 unspecified atom stereocenters. The molecule has 27 heavy (non-hydrogen) atoms. The van der Waals surface area contributed by atoms with Crippen molar-refractivity contribution in [2.24, 2.45) is 4.99 Å². The summed E-state index contributed by atoms with van der Waals surface area (Å²) in [6, 6.07) is 5.38. The highest BCUT2D eigenvalue weighted by atomic mass is 32.1. The first-order chi connectivity index (χ1) is 13.1. The second-order valence-electron chi connectivity index (χ2n) is 6.02. The summed E-state index contributed by atoms with van der Waals surface area (Å²) in [5.74, 6) is 0.304. The summed E-state index contributed by atoms with van der Waals surface area (Å²) in [6.07, 6.45) is 3.39. The predicted molar refractivity (Wildman–Crippen MR) is 105 cm³/mol. The molecule has 140 valence electrons. The molecule has 1 aromatic heterocycles. The number of rotatable bonds is 3. The molecular formula is C18H17N3O4S2. The van der Waals surface area contributed by atoms with Gasteiger partial charge in [0.05, 0.1) is 43.6 Å². The fourth-order valence-corrected chi connectivity index (χ4v) is 4.30. The van der Waals surface area contributed by atoms with Crippen LogP contribution in [-0.4, -0.2) is 49.1 Å². The zero-order valence-corrected chi connectivity index (χ0v) is 16.2. The fraction of sp³-hybridized carbons (Fsp3) is 0.278. The number of fused-ring (bicyclic) bond motifs is 1. The van der Waals surface area contributed by atoms with E-state index in [4.69, 9.17) is 21.7 Å². The lowest BCUT2D eigenvalue weighted by molar-refractivity contribution is -0.114. The zero-order valence-electron chi connectivity index (χ0n) is 14.5. The average Bonchev–Trinajstić information content (AvgIpc) is 2.96. The number of hydrogen-bond acceptors (Lipinski definition) is 7. The Morgan fingerprint density at radius 2 is 2.15 bits per heavy atom. The minimum absolute atomic E-state index is 0.0288. The van der Waals surface area contributed by atoms with Gasteiger partial charge in [-0.3, -0.25) is 4.79 Å². The van der Waals surface area contributed by atoms with Gasteiger partial charge in [0.2, 0.25) is 5.88 Å². The minimum Gasteiger partial charge on any atom is -0.497 e. The van der Waals surface area contributed by atoms with E-state index in [9.17, 15) is 9.90 Å². The molecule has 2 aliphatic rings. The van der Waals surface area contributed by atoms with Crippen molar-refractivity contribution in [2.75, 3.05) is 38.4 Å².